The van der Waals surface area contributed by atoms with Gasteiger partial charge in [0.25, 0.3) is 0 Å². The summed E-state index contributed by atoms with van der Waals surface area (Å²) in [5.74, 6) is -1.92. The van der Waals surface area contributed by atoms with Gasteiger partial charge in [-0.25, -0.2) is 9.40 Å². The molecule has 28 heavy (non-hydrogen) atoms. The van der Waals surface area contributed by atoms with E-state index in [0.717, 1.165) is 5.56 Å². The van der Waals surface area contributed by atoms with Crippen LogP contribution >= 0.6 is 11.6 Å². The second-order valence-electron chi connectivity index (χ2n) is 6.30. The Balaban J connectivity index is 1.94. The number of rotatable bonds is 6. The molecule has 0 bridgehead atoms. The van der Waals surface area contributed by atoms with Gasteiger partial charge in [0.15, 0.2) is 11.6 Å². The Morgan fingerprint density at radius 3 is 2.61 bits per heavy atom. The number of carbonyl (C=O) groups excluding carboxylic acids is 1. The first-order valence-electron chi connectivity index (χ1n) is 8.59. The van der Waals surface area contributed by atoms with Crippen molar-refractivity contribution >= 4 is 29.2 Å². The second kappa shape index (κ2) is 8.39. The van der Waals surface area contributed by atoms with Crippen LogP contribution < -0.4 is 4.74 Å². The molecule has 1 unspecified atom stereocenters. The third-order valence-electron chi connectivity index (χ3n) is 4.46. The first-order valence-corrected chi connectivity index (χ1v) is 8.97. The smallest absolute Gasteiger partial charge is 0.303 e. The molecule has 1 aliphatic heterocycles. The quantitative estimate of drug-likeness (QED) is 0.788. The Morgan fingerprint density at radius 2 is 1.96 bits per heavy atom. The molecule has 0 aromatic heterocycles. The number of hydrogen-bond acceptors (Lipinski definition) is 4. The number of carboxylic acid groups (broad SMARTS) is 1. The number of methoxy groups -OCH3 is 1. The highest BCUT2D eigenvalue weighted by Gasteiger charge is 2.33. The number of benzene rings is 2. The van der Waals surface area contributed by atoms with Crippen molar-refractivity contribution in [3.8, 4) is 5.75 Å². The van der Waals surface area contributed by atoms with Gasteiger partial charge in [-0.1, -0.05) is 29.8 Å². The van der Waals surface area contributed by atoms with E-state index in [1.807, 2.05) is 0 Å². The number of halogens is 2. The summed E-state index contributed by atoms with van der Waals surface area (Å²) in [6, 6.07) is 10.9. The second-order valence-corrected chi connectivity index (χ2v) is 6.74. The zero-order valence-corrected chi connectivity index (χ0v) is 15.8. The first-order chi connectivity index (χ1) is 13.4. The lowest BCUT2D eigenvalue weighted by atomic mass is 9.98. The number of hydrazone groups is 1. The van der Waals surface area contributed by atoms with Crippen LogP contribution in [0.4, 0.5) is 4.39 Å². The van der Waals surface area contributed by atoms with Crippen molar-refractivity contribution in [3.05, 3.63) is 64.4 Å². The Hall–Kier alpha value is -2.93. The van der Waals surface area contributed by atoms with Crippen LogP contribution in [0.2, 0.25) is 5.02 Å². The van der Waals surface area contributed by atoms with E-state index >= 15 is 0 Å². The molecule has 0 spiro atoms. The molecule has 8 heteroatoms. The molecule has 1 N–H and O–H groups in total. The molecule has 146 valence electrons. The fourth-order valence-electron chi connectivity index (χ4n) is 3.03. The van der Waals surface area contributed by atoms with Crippen LogP contribution in [0.1, 0.15) is 36.4 Å². The van der Waals surface area contributed by atoms with Crippen LogP contribution in [0, 0.1) is 5.82 Å². The molecule has 0 saturated carbocycles. The van der Waals surface area contributed by atoms with E-state index in [0.29, 0.717) is 22.7 Å². The molecule has 6 nitrogen and oxygen atoms in total. The maximum atomic E-state index is 13.8. The van der Waals surface area contributed by atoms with Crippen molar-refractivity contribution in [2.75, 3.05) is 7.11 Å². The predicted molar refractivity (Wildman–Crippen MR) is 102 cm³/mol. The van der Waals surface area contributed by atoms with Crippen molar-refractivity contribution in [2.45, 2.75) is 25.3 Å². The van der Waals surface area contributed by atoms with Crippen molar-refractivity contribution in [1.82, 2.24) is 5.01 Å². The van der Waals surface area contributed by atoms with Crippen molar-refractivity contribution in [2.24, 2.45) is 5.10 Å². The fraction of sp³-hybridized carbons (Fsp3) is 0.250. The Kier molecular flexibility index (Phi) is 5.94. The maximum Gasteiger partial charge on any atom is 0.303 e. The number of ether oxygens (including phenoxy) is 1. The van der Waals surface area contributed by atoms with E-state index in [1.54, 1.807) is 30.3 Å². The summed E-state index contributed by atoms with van der Waals surface area (Å²) >= 11 is 5.93. The van der Waals surface area contributed by atoms with Gasteiger partial charge in [-0.3, -0.25) is 9.59 Å². The normalized spacial score (nSPS) is 16.0. The Morgan fingerprint density at radius 1 is 1.25 bits per heavy atom. The Bertz CT molecular complexity index is 930. The number of aliphatic carboxylic acids is 1. The van der Waals surface area contributed by atoms with Crippen molar-refractivity contribution in [1.29, 1.82) is 0 Å². The molecule has 0 saturated heterocycles. The SMILES string of the molecule is COc1cc(C2CC(c3ccc(Cl)cc3)=NN2C(=O)CCC(=O)O)ccc1F. The van der Waals surface area contributed by atoms with Gasteiger partial charge in [0.1, 0.15) is 0 Å². The molecular formula is C20H18ClFN2O4. The third kappa shape index (κ3) is 4.31. The number of nitrogens with zero attached hydrogens (tertiary/aromatic N) is 2. The van der Waals surface area contributed by atoms with Gasteiger partial charge in [-0.05, 0) is 35.4 Å². The summed E-state index contributed by atoms with van der Waals surface area (Å²) in [4.78, 5) is 23.4. The molecule has 0 aliphatic carbocycles. The fourth-order valence-corrected chi connectivity index (χ4v) is 3.15. The van der Waals surface area contributed by atoms with Crippen LogP contribution in [0.5, 0.6) is 5.75 Å². The average Bonchev–Trinajstić information content (AvgIpc) is 3.12. The Labute approximate surface area is 166 Å². The van der Waals surface area contributed by atoms with Gasteiger partial charge in [0, 0.05) is 17.9 Å². The summed E-state index contributed by atoms with van der Waals surface area (Å²) in [5.41, 5.74) is 2.11. The third-order valence-corrected chi connectivity index (χ3v) is 4.71. The number of hydrogen-bond donors (Lipinski definition) is 1. The predicted octanol–water partition coefficient (Wildman–Crippen LogP) is 4.03. The van der Waals surface area contributed by atoms with Crippen LogP contribution in [-0.2, 0) is 9.59 Å². The highest BCUT2D eigenvalue weighted by Crippen LogP contribution is 2.35. The number of carboxylic acids is 1. The monoisotopic (exact) mass is 404 g/mol. The summed E-state index contributed by atoms with van der Waals surface area (Å²) < 4.78 is 18.8. The lowest BCUT2D eigenvalue weighted by Crippen LogP contribution is -2.27. The molecule has 0 radical (unpaired) electrons. The van der Waals surface area contributed by atoms with Gasteiger partial charge in [-0.15, -0.1) is 0 Å². The summed E-state index contributed by atoms with van der Waals surface area (Å²) in [6.45, 7) is 0. The molecule has 2 aromatic carbocycles. The van der Waals surface area contributed by atoms with Crippen LogP contribution in [0.15, 0.2) is 47.6 Å². The first kappa shape index (κ1) is 19.8. The molecule has 1 amide bonds. The highest BCUT2D eigenvalue weighted by atomic mass is 35.5. The molecular weight excluding hydrogens is 387 g/mol. The lowest BCUT2D eigenvalue weighted by Gasteiger charge is -2.22. The lowest BCUT2D eigenvalue weighted by molar-refractivity contribution is -0.141. The molecule has 2 aromatic rings. The molecule has 1 aliphatic rings. The maximum absolute atomic E-state index is 13.8. The molecule has 1 heterocycles. The number of carbonyl (C=O) groups is 2. The van der Waals surface area contributed by atoms with E-state index in [4.69, 9.17) is 21.4 Å². The van der Waals surface area contributed by atoms with Gasteiger partial charge >= 0.3 is 5.97 Å². The number of amides is 1. The van der Waals surface area contributed by atoms with Crippen molar-refractivity contribution in [3.63, 3.8) is 0 Å². The minimum absolute atomic E-state index is 0.0652. The largest absolute Gasteiger partial charge is 0.494 e. The van der Waals surface area contributed by atoms with Crippen LogP contribution in [-0.4, -0.2) is 34.8 Å². The van der Waals surface area contributed by atoms with Crippen LogP contribution in [0.25, 0.3) is 0 Å². The average molecular weight is 405 g/mol. The minimum atomic E-state index is -1.06. The van der Waals surface area contributed by atoms with Gasteiger partial charge in [-0.2, -0.15) is 5.10 Å². The zero-order valence-electron chi connectivity index (χ0n) is 15.1. The van der Waals surface area contributed by atoms with Gasteiger partial charge in [0.05, 0.1) is 25.3 Å². The highest BCUT2D eigenvalue weighted by molar-refractivity contribution is 6.30. The summed E-state index contributed by atoms with van der Waals surface area (Å²) in [6.07, 6.45) is -0.0720. The van der Waals surface area contributed by atoms with E-state index in [-0.39, 0.29) is 18.6 Å². The van der Waals surface area contributed by atoms with Gasteiger partial charge < -0.3 is 9.84 Å². The summed E-state index contributed by atoms with van der Waals surface area (Å²) in [5, 5.41) is 15.2. The topological polar surface area (TPSA) is 79.2 Å². The van der Waals surface area contributed by atoms with E-state index in [2.05, 4.69) is 5.10 Å². The zero-order chi connectivity index (χ0) is 20.3. The molecule has 0 fully saturated rings. The standard InChI is InChI=1S/C20H18ClFN2O4/c1-28-18-10-13(4-7-15(18)22)17-11-16(12-2-5-14(21)6-3-12)23-24(17)19(25)8-9-20(26)27/h2-7,10,17H,8-9,11H2,1H3,(H,26,27). The van der Waals surface area contributed by atoms with Gasteiger partial charge in [0.2, 0.25) is 5.91 Å². The van der Waals surface area contributed by atoms with E-state index in [9.17, 15) is 14.0 Å². The van der Waals surface area contributed by atoms with Crippen molar-refractivity contribution < 1.29 is 23.8 Å². The minimum Gasteiger partial charge on any atom is -0.494 e. The summed E-state index contributed by atoms with van der Waals surface area (Å²) in [7, 11) is 1.36. The van der Waals surface area contributed by atoms with E-state index < -0.39 is 23.7 Å². The molecule has 3 rings (SSSR count). The molecule has 1 atom stereocenters. The van der Waals surface area contributed by atoms with Crippen LogP contribution in [0.3, 0.4) is 0 Å². The van der Waals surface area contributed by atoms with E-state index in [1.165, 1.54) is 24.3 Å².